The van der Waals surface area contributed by atoms with Gasteiger partial charge in [0.15, 0.2) is 0 Å². The first-order valence-corrected chi connectivity index (χ1v) is 7.00. The second-order valence-electron chi connectivity index (χ2n) is 4.78. The normalized spacial score (nSPS) is 20.1. The van der Waals surface area contributed by atoms with Crippen molar-refractivity contribution in [1.29, 1.82) is 0 Å². The van der Waals surface area contributed by atoms with Gasteiger partial charge in [-0.1, -0.05) is 18.5 Å². The molecule has 1 fully saturated rings. The number of nitrogen functional groups attached to an aromatic ring is 1. The summed E-state index contributed by atoms with van der Waals surface area (Å²) in [5.41, 5.74) is 7.85. The van der Waals surface area contributed by atoms with Crippen LogP contribution < -0.4 is 10.6 Å². The average molecular weight is 269 g/mol. The Labute approximate surface area is 114 Å². The van der Waals surface area contributed by atoms with Gasteiger partial charge in [0, 0.05) is 24.7 Å². The average Bonchev–Trinajstić information content (AvgIpc) is 2.36. The maximum atomic E-state index is 6.03. The highest BCUT2D eigenvalue weighted by molar-refractivity contribution is 6.31. The van der Waals surface area contributed by atoms with Gasteiger partial charge < -0.3 is 15.4 Å². The Hall–Kier alpha value is -0.930. The minimum absolute atomic E-state index is 0.328. The molecule has 2 rings (SSSR count). The quantitative estimate of drug-likeness (QED) is 0.852. The van der Waals surface area contributed by atoms with E-state index >= 15 is 0 Å². The second-order valence-corrected chi connectivity index (χ2v) is 5.22. The van der Waals surface area contributed by atoms with E-state index in [1.807, 2.05) is 18.2 Å². The molecule has 1 atom stereocenters. The molecule has 2 N–H and O–H groups in total. The van der Waals surface area contributed by atoms with Crippen molar-refractivity contribution in [2.24, 2.45) is 0 Å². The zero-order valence-electron chi connectivity index (χ0n) is 10.9. The van der Waals surface area contributed by atoms with Crippen LogP contribution in [0.5, 0.6) is 0 Å². The van der Waals surface area contributed by atoms with Crippen molar-refractivity contribution in [1.82, 2.24) is 0 Å². The number of hydrogen-bond acceptors (Lipinski definition) is 3. The highest BCUT2D eigenvalue weighted by atomic mass is 35.5. The molecule has 0 amide bonds. The van der Waals surface area contributed by atoms with Gasteiger partial charge in [-0.2, -0.15) is 0 Å². The lowest BCUT2D eigenvalue weighted by atomic mass is 10.1. The maximum Gasteiger partial charge on any atom is 0.0750 e. The summed E-state index contributed by atoms with van der Waals surface area (Å²) in [5.74, 6) is 0. The number of nitrogens with zero attached hydrogens (tertiary/aromatic N) is 1. The van der Waals surface area contributed by atoms with Crippen LogP contribution in [0.15, 0.2) is 18.2 Å². The molecule has 3 nitrogen and oxygen atoms in total. The van der Waals surface area contributed by atoms with E-state index < -0.39 is 0 Å². The Kier molecular flexibility index (Phi) is 4.72. The van der Waals surface area contributed by atoms with Gasteiger partial charge >= 0.3 is 0 Å². The van der Waals surface area contributed by atoms with Crippen molar-refractivity contribution >= 4 is 23.0 Å². The Morgan fingerprint density at radius 1 is 1.50 bits per heavy atom. The number of halogens is 1. The van der Waals surface area contributed by atoms with Crippen molar-refractivity contribution in [3.8, 4) is 0 Å². The fourth-order valence-electron chi connectivity index (χ4n) is 2.39. The lowest BCUT2D eigenvalue weighted by molar-refractivity contribution is 0.0441. The van der Waals surface area contributed by atoms with E-state index in [-0.39, 0.29) is 0 Å². The Bertz CT molecular complexity index is 397. The topological polar surface area (TPSA) is 38.5 Å². The fraction of sp³-hybridized carbons (Fsp3) is 0.571. The van der Waals surface area contributed by atoms with Crippen molar-refractivity contribution in [2.75, 3.05) is 30.3 Å². The number of benzene rings is 1. The molecule has 4 heteroatoms. The first-order chi connectivity index (χ1) is 8.70. The summed E-state index contributed by atoms with van der Waals surface area (Å²) >= 11 is 5.93. The van der Waals surface area contributed by atoms with Crippen LogP contribution in [0.4, 0.5) is 11.4 Å². The Morgan fingerprint density at radius 3 is 3.06 bits per heavy atom. The van der Waals surface area contributed by atoms with Gasteiger partial charge in [-0.3, -0.25) is 0 Å². The molecule has 1 saturated heterocycles. The van der Waals surface area contributed by atoms with Gasteiger partial charge in [0.05, 0.1) is 17.5 Å². The van der Waals surface area contributed by atoms with Gasteiger partial charge in [0.25, 0.3) is 0 Å². The molecule has 0 aromatic heterocycles. The summed E-state index contributed by atoms with van der Waals surface area (Å²) < 4.78 is 5.84. The summed E-state index contributed by atoms with van der Waals surface area (Å²) in [5, 5.41) is 0.687. The lowest BCUT2D eigenvalue weighted by Gasteiger charge is -2.35. The first kappa shape index (κ1) is 13.5. The molecule has 1 heterocycles. The molecule has 100 valence electrons. The van der Waals surface area contributed by atoms with Crippen LogP contribution in [0.1, 0.15) is 26.2 Å². The van der Waals surface area contributed by atoms with Crippen LogP contribution in [0, 0.1) is 0 Å². The third-order valence-corrected chi connectivity index (χ3v) is 3.50. The molecule has 0 spiro atoms. The molecule has 1 aliphatic heterocycles. The van der Waals surface area contributed by atoms with E-state index in [9.17, 15) is 0 Å². The molecule has 1 aliphatic rings. The molecule has 1 aromatic rings. The van der Waals surface area contributed by atoms with Crippen molar-refractivity contribution in [2.45, 2.75) is 32.3 Å². The summed E-state index contributed by atoms with van der Waals surface area (Å²) in [6.07, 6.45) is 3.69. The van der Waals surface area contributed by atoms with Crippen LogP contribution >= 0.6 is 11.6 Å². The minimum atomic E-state index is 0.328. The lowest BCUT2D eigenvalue weighted by Crippen LogP contribution is -2.40. The van der Waals surface area contributed by atoms with Gasteiger partial charge in [-0.25, -0.2) is 0 Å². The van der Waals surface area contributed by atoms with Crippen molar-refractivity contribution in [3.63, 3.8) is 0 Å². The molecule has 0 saturated carbocycles. The zero-order valence-corrected chi connectivity index (χ0v) is 11.6. The van der Waals surface area contributed by atoms with E-state index in [1.54, 1.807) is 0 Å². The zero-order chi connectivity index (χ0) is 13.0. The number of rotatable bonds is 4. The van der Waals surface area contributed by atoms with Gasteiger partial charge in [0.1, 0.15) is 0 Å². The molecule has 0 aliphatic carbocycles. The second kappa shape index (κ2) is 6.30. The molecular weight excluding hydrogens is 248 g/mol. The van der Waals surface area contributed by atoms with Gasteiger partial charge in [-0.15, -0.1) is 0 Å². The molecule has 0 bridgehead atoms. The van der Waals surface area contributed by atoms with E-state index in [0.717, 1.165) is 50.3 Å². The van der Waals surface area contributed by atoms with Crippen LogP contribution in [0.25, 0.3) is 0 Å². The number of hydrogen-bond donors (Lipinski definition) is 1. The fourth-order valence-corrected chi connectivity index (χ4v) is 2.57. The van der Waals surface area contributed by atoms with E-state index in [2.05, 4.69) is 11.8 Å². The maximum absolute atomic E-state index is 6.03. The third-order valence-electron chi connectivity index (χ3n) is 3.27. The van der Waals surface area contributed by atoms with E-state index in [4.69, 9.17) is 22.1 Å². The SMILES string of the molecule is CCCOC1CCCN(c2ccc(Cl)cc2N)C1. The number of piperidine rings is 1. The van der Waals surface area contributed by atoms with Crippen LogP contribution in [0.3, 0.4) is 0 Å². The standard InChI is InChI=1S/C14H21ClN2O/c1-2-8-18-12-4-3-7-17(10-12)14-6-5-11(15)9-13(14)16/h5-6,9,12H,2-4,7-8,10,16H2,1H3. The van der Waals surface area contributed by atoms with Gasteiger partial charge in [0.2, 0.25) is 0 Å². The predicted octanol–water partition coefficient (Wildman–Crippen LogP) is 3.32. The monoisotopic (exact) mass is 268 g/mol. The number of ether oxygens (including phenoxy) is 1. The molecule has 18 heavy (non-hydrogen) atoms. The predicted molar refractivity (Wildman–Crippen MR) is 77.3 cm³/mol. The van der Waals surface area contributed by atoms with Gasteiger partial charge in [-0.05, 0) is 37.5 Å². The minimum Gasteiger partial charge on any atom is -0.397 e. The number of nitrogens with two attached hydrogens (primary N) is 1. The van der Waals surface area contributed by atoms with E-state index in [0.29, 0.717) is 11.1 Å². The summed E-state index contributed by atoms with van der Waals surface area (Å²) in [6.45, 7) is 4.94. The summed E-state index contributed by atoms with van der Waals surface area (Å²) in [7, 11) is 0. The van der Waals surface area contributed by atoms with Crippen LogP contribution in [0.2, 0.25) is 5.02 Å². The Balaban J connectivity index is 2.03. The summed E-state index contributed by atoms with van der Waals surface area (Å²) in [4.78, 5) is 2.30. The van der Waals surface area contributed by atoms with Crippen LogP contribution in [-0.2, 0) is 4.74 Å². The molecule has 1 unspecified atom stereocenters. The molecule has 1 aromatic carbocycles. The highest BCUT2D eigenvalue weighted by Crippen LogP contribution is 2.29. The first-order valence-electron chi connectivity index (χ1n) is 6.62. The number of anilines is 2. The molecule has 0 radical (unpaired) electrons. The largest absolute Gasteiger partial charge is 0.397 e. The molecular formula is C14H21ClN2O. The summed E-state index contributed by atoms with van der Waals surface area (Å²) in [6, 6.07) is 5.71. The van der Waals surface area contributed by atoms with Crippen LogP contribution in [-0.4, -0.2) is 25.8 Å². The highest BCUT2D eigenvalue weighted by Gasteiger charge is 2.21. The van der Waals surface area contributed by atoms with E-state index in [1.165, 1.54) is 0 Å². The smallest absolute Gasteiger partial charge is 0.0750 e. The van der Waals surface area contributed by atoms with Crippen molar-refractivity contribution in [3.05, 3.63) is 23.2 Å². The van der Waals surface area contributed by atoms with Crippen molar-refractivity contribution < 1.29 is 4.74 Å². The third kappa shape index (κ3) is 3.30. The Morgan fingerprint density at radius 2 is 2.33 bits per heavy atom.